The fourth-order valence-corrected chi connectivity index (χ4v) is 0.0816. The number of hydrogen-bond donors (Lipinski definition) is 1. The first-order valence-electron chi connectivity index (χ1n) is 1.99. The lowest BCUT2D eigenvalue weighted by molar-refractivity contribution is 0.225. The zero-order valence-electron chi connectivity index (χ0n) is 4.18. The molecule has 0 bridgehead atoms. The van der Waals surface area contributed by atoms with Crippen LogP contribution in [0.2, 0.25) is 0 Å². The highest BCUT2D eigenvalue weighted by Gasteiger charge is 1.84. The van der Waals surface area contributed by atoms with Gasteiger partial charge in [0.15, 0.2) is 0 Å². The van der Waals surface area contributed by atoms with E-state index in [2.05, 4.69) is 0 Å². The summed E-state index contributed by atoms with van der Waals surface area (Å²) < 4.78 is 0. The molecule has 0 aliphatic rings. The Labute approximate surface area is 38.4 Å². The van der Waals surface area contributed by atoms with Gasteiger partial charge in [0.25, 0.3) is 0 Å². The summed E-state index contributed by atoms with van der Waals surface area (Å²) in [4.78, 5) is 1.68. The van der Waals surface area contributed by atoms with Crippen LogP contribution >= 0.6 is 0 Å². The van der Waals surface area contributed by atoms with Crippen LogP contribution in [0.5, 0.6) is 0 Å². The first-order chi connectivity index (χ1) is 2.81. The summed E-state index contributed by atoms with van der Waals surface area (Å²) in [6, 6.07) is 0. The fraction of sp³-hybridized carbons (Fsp3) is 0.750. The number of hydrogen-bond acceptors (Lipinski definition) is 2. The lowest BCUT2D eigenvalue weighted by Crippen LogP contribution is -2.12. The number of aliphatic hydroxyl groups excluding tert-OH is 1. The molecule has 0 aromatic carbocycles. The number of nitrogens with zero attached hydrogens (tertiary/aromatic N) is 1. The molecule has 0 rings (SSSR count). The van der Waals surface area contributed by atoms with E-state index >= 15 is 0 Å². The van der Waals surface area contributed by atoms with Crippen molar-refractivity contribution in [2.24, 2.45) is 0 Å². The Morgan fingerprint density at radius 2 is 2.33 bits per heavy atom. The van der Waals surface area contributed by atoms with Crippen molar-refractivity contribution in [1.29, 1.82) is 0 Å². The van der Waals surface area contributed by atoms with Gasteiger partial charge in [-0.3, -0.25) is 4.90 Å². The molecule has 0 fully saturated rings. The summed E-state index contributed by atoms with van der Waals surface area (Å²) in [6.07, 6.45) is 0. The van der Waals surface area contributed by atoms with Crippen molar-refractivity contribution in [2.45, 2.75) is 6.92 Å². The van der Waals surface area contributed by atoms with Crippen LogP contribution in [-0.2, 0) is 0 Å². The third-order valence-corrected chi connectivity index (χ3v) is 0.696. The first-order valence-corrected chi connectivity index (χ1v) is 1.99. The fourth-order valence-electron chi connectivity index (χ4n) is 0.0816. The van der Waals surface area contributed by atoms with Gasteiger partial charge in [-0.25, -0.2) is 0 Å². The lowest BCUT2D eigenvalue weighted by atomic mass is 10.7. The SMILES string of the molecule is CCN(C)[CH]O. The molecule has 0 amide bonds. The standard InChI is InChI=1S/C4H10NO/c1-3-5(2)4-6/h4,6H,3H2,1-2H3. The van der Waals surface area contributed by atoms with Crippen molar-refractivity contribution in [1.82, 2.24) is 4.90 Å². The van der Waals surface area contributed by atoms with Crippen molar-refractivity contribution in [2.75, 3.05) is 13.6 Å². The minimum Gasteiger partial charge on any atom is -0.374 e. The zero-order valence-corrected chi connectivity index (χ0v) is 4.18. The molecule has 0 aromatic heterocycles. The molecule has 0 spiro atoms. The Bertz CT molecular complexity index is 26.7. The van der Waals surface area contributed by atoms with E-state index in [4.69, 9.17) is 5.11 Å². The van der Waals surface area contributed by atoms with E-state index in [1.807, 2.05) is 6.92 Å². The summed E-state index contributed by atoms with van der Waals surface area (Å²) in [6.45, 7) is 3.88. The predicted octanol–water partition coefficient (Wildman–Crippen LogP) is 0.430. The number of aliphatic hydroxyl groups is 1. The Hall–Kier alpha value is -0.0800. The van der Waals surface area contributed by atoms with Gasteiger partial charge < -0.3 is 5.11 Å². The van der Waals surface area contributed by atoms with Gasteiger partial charge in [-0.15, -0.1) is 0 Å². The van der Waals surface area contributed by atoms with Crippen molar-refractivity contribution in [3.8, 4) is 0 Å². The van der Waals surface area contributed by atoms with Crippen LogP contribution < -0.4 is 0 Å². The highest BCUT2D eigenvalue weighted by Crippen LogP contribution is 1.77. The average molecular weight is 88.1 g/mol. The third-order valence-electron chi connectivity index (χ3n) is 0.696. The molecule has 6 heavy (non-hydrogen) atoms. The highest BCUT2D eigenvalue weighted by atomic mass is 16.3. The molecular weight excluding hydrogens is 78.0 g/mol. The summed E-state index contributed by atoms with van der Waals surface area (Å²) >= 11 is 0. The second-order valence-corrected chi connectivity index (χ2v) is 1.19. The van der Waals surface area contributed by atoms with Crippen LogP contribution in [-0.4, -0.2) is 23.6 Å². The van der Waals surface area contributed by atoms with Crippen LogP contribution in [0, 0.1) is 6.73 Å². The Morgan fingerprint density at radius 3 is 2.33 bits per heavy atom. The molecule has 0 heterocycles. The van der Waals surface area contributed by atoms with Crippen LogP contribution in [0.1, 0.15) is 6.92 Å². The molecule has 0 saturated heterocycles. The molecule has 1 N–H and O–H groups in total. The Balaban J connectivity index is 2.75. The molecule has 0 atom stereocenters. The molecule has 0 aromatic rings. The van der Waals surface area contributed by atoms with E-state index in [1.165, 1.54) is 0 Å². The van der Waals surface area contributed by atoms with E-state index in [9.17, 15) is 0 Å². The highest BCUT2D eigenvalue weighted by molar-refractivity contribution is 4.42. The average Bonchev–Trinajstić information content (AvgIpc) is 1.65. The van der Waals surface area contributed by atoms with E-state index < -0.39 is 0 Å². The van der Waals surface area contributed by atoms with Crippen molar-refractivity contribution in [3.63, 3.8) is 0 Å². The molecular formula is C4H10NO. The number of rotatable bonds is 2. The van der Waals surface area contributed by atoms with Gasteiger partial charge >= 0.3 is 0 Å². The normalized spacial score (nSPS) is 10.0. The van der Waals surface area contributed by atoms with E-state index in [0.717, 1.165) is 13.3 Å². The van der Waals surface area contributed by atoms with Gasteiger partial charge in [0.2, 0.25) is 0 Å². The molecule has 0 aliphatic heterocycles. The molecule has 1 radical (unpaired) electrons. The van der Waals surface area contributed by atoms with Gasteiger partial charge in [-0.2, -0.15) is 0 Å². The van der Waals surface area contributed by atoms with E-state index in [0.29, 0.717) is 0 Å². The third kappa shape index (κ3) is 2.18. The smallest absolute Gasteiger partial charge is 0.147 e. The van der Waals surface area contributed by atoms with E-state index in [-0.39, 0.29) is 0 Å². The minimum atomic E-state index is 0.858. The zero-order chi connectivity index (χ0) is 4.99. The molecule has 2 heteroatoms. The molecule has 37 valence electrons. The van der Waals surface area contributed by atoms with Gasteiger partial charge in [-0.1, -0.05) is 6.92 Å². The van der Waals surface area contributed by atoms with Gasteiger partial charge in [0.05, 0.1) is 0 Å². The lowest BCUT2D eigenvalue weighted by Gasteiger charge is -2.04. The van der Waals surface area contributed by atoms with Crippen LogP contribution in [0.15, 0.2) is 0 Å². The topological polar surface area (TPSA) is 23.5 Å². The van der Waals surface area contributed by atoms with Gasteiger partial charge in [-0.05, 0) is 13.6 Å². The quantitative estimate of drug-likeness (QED) is 0.529. The first kappa shape index (κ1) is 5.92. The second-order valence-electron chi connectivity index (χ2n) is 1.19. The van der Waals surface area contributed by atoms with Gasteiger partial charge in [0, 0.05) is 0 Å². The summed E-state index contributed by atoms with van der Waals surface area (Å²) in [5.41, 5.74) is 0. The molecule has 0 saturated carbocycles. The maximum absolute atomic E-state index is 8.14. The molecule has 0 unspecified atom stereocenters. The second kappa shape index (κ2) is 3.12. The summed E-state index contributed by atoms with van der Waals surface area (Å²) in [5.74, 6) is 0. The maximum atomic E-state index is 8.14. The predicted molar refractivity (Wildman–Crippen MR) is 24.5 cm³/mol. The monoisotopic (exact) mass is 88.1 g/mol. The summed E-state index contributed by atoms with van der Waals surface area (Å²) in [7, 11) is 1.81. The largest absolute Gasteiger partial charge is 0.374 e. The van der Waals surface area contributed by atoms with Crippen molar-refractivity contribution >= 4 is 0 Å². The van der Waals surface area contributed by atoms with Gasteiger partial charge in [0.1, 0.15) is 6.73 Å². The van der Waals surface area contributed by atoms with Crippen LogP contribution in [0.4, 0.5) is 0 Å². The van der Waals surface area contributed by atoms with Crippen LogP contribution in [0.3, 0.4) is 0 Å². The molecule has 2 nitrogen and oxygen atoms in total. The van der Waals surface area contributed by atoms with Crippen LogP contribution in [0.25, 0.3) is 0 Å². The molecule has 0 aliphatic carbocycles. The van der Waals surface area contributed by atoms with Crippen molar-refractivity contribution < 1.29 is 5.11 Å². The van der Waals surface area contributed by atoms with E-state index in [1.54, 1.807) is 11.9 Å². The Kier molecular flexibility index (Phi) is 3.08. The Morgan fingerprint density at radius 1 is 1.83 bits per heavy atom. The van der Waals surface area contributed by atoms with Crippen molar-refractivity contribution in [3.05, 3.63) is 6.73 Å². The maximum Gasteiger partial charge on any atom is 0.147 e. The minimum absolute atomic E-state index is 0.858. The summed E-state index contributed by atoms with van der Waals surface area (Å²) in [5, 5.41) is 8.14.